The van der Waals surface area contributed by atoms with Crippen LogP contribution in [0.5, 0.6) is 0 Å². The van der Waals surface area contributed by atoms with Crippen LogP contribution in [-0.4, -0.2) is 28.4 Å². The number of aliphatic carboxylic acids is 1. The van der Waals surface area contributed by atoms with Crippen molar-refractivity contribution < 1.29 is 14.5 Å². The Balaban J connectivity index is 2.01. The number of fused-ring (bicyclic) bond motifs is 1. The third-order valence-corrected chi connectivity index (χ3v) is 4.33. The SMILES string of the molecule is CCCC1(C)C=[N+](CCCCCC(=O)O)c2ccccc21. The molecule has 0 aliphatic carbocycles. The quantitative estimate of drug-likeness (QED) is 0.577. The Morgan fingerprint density at radius 3 is 2.71 bits per heavy atom. The number of nitrogens with zero attached hydrogens (tertiary/aromatic N) is 1. The van der Waals surface area contributed by atoms with E-state index in [2.05, 4.69) is 48.9 Å². The molecule has 1 heterocycles. The van der Waals surface area contributed by atoms with Crippen molar-refractivity contribution in [2.45, 2.75) is 57.8 Å². The van der Waals surface area contributed by atoms with Gasteiger partial charge in [-0.3, -0.25) is 4.79 Å². The maximum absolute atomic E-state index is 10.5. The fourth-order valence-electron chi connectivity index (χ4n) is 3.33. The Hall–Kier alpha value is -1.64. The van der Waals surface area contributed by atoms with Gasteiger partial charge in [0, 0.05) is 24.5 Å². The summed E-state index contributed by atoms with van der Waals surface area (Å²) >= 11 is 0. The summed E-state index contributed by atoms with van der Waals surface area (Å²) in [5.41, 5.74) is 2.90. The molecule has 0 fully saturated rings. The summed E-state index contributed by atoms with van der Waals surface area (Å²) in [5.74, 6) is -0.691. The van der Waals surface area contributed by atoms with Gasteiger partial charge in [-0.05, 0) is 26.2 Å². The molecule has 0 saturated heterocycles. The van der Waals surface area contributed by atoms with Crippen LogP contribution in [0, 0.1) is 0 Å². The average Bonchev–Trinajstić information content (AvgIpc) is 2.72. The molecule has 0 spiro atoms. The molecule has 0 radical (unpaired) electrons. The molecule has 1 aliphatic heterocycles. The largest absolute Gasteiger partial charge is 0.481 e. The van der Waals surface area contributed by atoms with Gasteiger partial charge >= 0.3 is 5.97 Å². The Morgan fingerprint density at radius 1 is 1.24 bits per heavy atom. The first-order valence-corrected chi connectivity index (χ1v) is 8.01. The van der Waals surface area contributed by atoms with Crippen molar-refractivity contribution in [1.29, 1.82) is 0 Å². The van der Waals surface area contributed by atoms with Crippen LogP contribution < -0.4 is 0 Å². The molecule has 1 atom stereocenters. The van der Waals surface area contributed by atoms with E-state index in [1.807, 2.05) is 0 Å². The minimum Gasteiger partial charge on any atom is -0.481 e. The molecule has 1 aliphatic rings. The van der Waals surface area contributed by atoms with Gasteiger partial charge in [0.2, 0.25) is 5.69 Å². The minimum absolute atomic E-state index is 0.145. The number of benzene rings is 1. The van der Waals surface area contributed by atoms with Gasteiger partial charge in [-0.2, -0.15) is 0 Å². The molecule has 114 valence electrons. The highest BCUT2D eigenvalue weighted by molar-refractivity contribution is 5.77. The van der Waals surface area contributed by atoms with Crippen LogP contribution in [-0.2, 0) is 10.2 Å². The zero-order valence-electron chi connectivity index (χ0n) is 13.1. The minimum atomic E-state index is -0.691. The van der Waals surface area contributed by atoms with Crippen molar-refractivity contribution in [2.24, 2.45) is 0 Å². The molecular weight excluding hydrogens is 262 g/mol. The summed E-state index contributed by atoms with van der Waals surface area (Å²) in [6, 6.07) is 8.66. The number of para-hydroxylation sites is 1. The predicted octanol–water partition coefficient (Wildman–Crippen LogP) is 4.12. The van der Waals surface area contributed by atoms with E-state index in [0.717, 1.165) is 25.8 Å². The highest BCUT2D eigenvalue weighted by Crippen LogP contribution is 2.39. The normalized spacial score (nSPS) is 20.2. The topological polar surface area (TPSA) is 40.3 Å². The molecule has 3 nitrogen and oxygen atoms in total. The average molecular weight is 288 g/mol. The molecule has 1 unspecified atom stereocenters. The molecule has 1 aromatic rings. The first kappa shape index (κ1) is 15.7. The fraction of sp³-hybridized carbons (Fsp3) is 0.556. The van der Waals surface area contributed by atoms with Crippen LogP contribution in [0.2, 0.25) is 0 Å². The number of carbonyl (C=O) groups is 1. The van der Waals surface area contributed by atoms with E-state index in [1.54, 1.807) is 0 Å². The molecule has 21 heavy (non-hydrogen) atoms. The predicted molar refractivity (Wildman–Crippen MR) is 85.7 cm³/mol. The van der Waals surface area contributed by atoms with E-state index in [0.29, 0.717) is 0 Å². The molecule has 0 saturated carbocycles. The first-order valence-electron chi connectivity index (χ1n) is 8.01. The van der Waals surface area contributed by atoms with Crippen molar-refractivity contribution in [3.63, 3.8) is 0 Å². The maximum Gasteiger partial charge on any atom is 0.303 e. The lowest BCUT2D eigenvalue weighted by molar-refractivity contribution is -0.434. The lowest BCUT2D eigenvalue weighted by Gasteiger charge is -2.17. The highest BCUT2D eigenvalue weighted by Gasteiger charge is 2.39. The first-order chi connectivity index (χ1) is 10.1. The van der Waals surface area contributed by atoms with Crippen molar-refractivity contribution in [3.05, 3.63) is 29.8 Å². The number of rotatable bonds is 8. The number of unbranched alkanes of at least 4 members (excludes halogenated alkanes) is 2. The van der Waals surface area contributed by atoms with Crippen LogP contribution >= 0.6 is 0 Å². The molecule has 0 amide bonds. The highest BCUT2D eigenvalue weighted by atomic mass is 16.4. The van der Waals surface area contributed by atoms with Crippen LogP contribution in [0.4, 0.5) is 5.69 Å². The van der Waals surface area contributed by atoms with Crippen LogP contribution in [0.1, 0.15) is 57.9 Å². The zero-order chi connectivity index (χ0) is 15.3. The fourth-order valence-corrected chi connectivity index (χ4v) is 3.33. The van der Waals surface area contributed by atoms with Gasteiger partial charge in [0.15, 0.2) is 6.21 Å². The summed E-state index contributed by atoms with van der Waals surface area (Å²) in [4.78, 5) is 10.5. The number of carboxylic acid groups (broad SMARTS) is 1. The van der Waals surface area contributed by atoms with Crippen LogP contribution in [0.3, 0.4) is 0 Å². The lowest BCUT2D eigenvalue weighted by Crippen LogP contribution is -2.21. The summed E-state index contributed by atoms with van der Waals surface area (Å²) in [5, 5.41) is 8.67. The molecule has 3 heteroatoms. The second-order valence-electron chi connectivity index (χ2n) is 6.21. The van der Waals surface area contributed by atoms with Gasteiger partial charge in [0.05, 0.1) is 5.41 Å². The van der Waals surface area contributed by atoms with E-state index in [9.17, 15) is 4.79 Å². The lowest BCUT2D eigenvalue weighted by atomic mass is 9.81. The summed E-state index contributed by atoms with van der Waals surface area (Å²) in [7, 11) is 0. The standard InChI is InChI=1S/C18H25NO2/c1-3-12-18(2)14-19(13-8-4-5-11-17(20)21)16-10-7-6-9-15(16)18/h6-7,9-10,14H,3-5,8,11-13H2,1-2H3/p+1. The Morgan fingerprint density at radius 2 is 2.00 bits per heavy atom. The van der Waals surface area contributed by atoms with Gasteiger partial charge in [0.25, 0.3) is 0 Å². The maximum atomic E-state index is 10.5. The Labute approximate surface area is 127 Å². The summed E-state index contributed by atoms with van der Waals surface area (Å²) in [6.07, 6.45) is 7.79. The Kier molecular flexibility index (Phi) is 5.16. The number of carboxylic acids is 1. The van der Waals surface area contributed by atoms with Gasteiger partial charge in [-0.25, -0.2) is 4.58 Å². The monoisotopic (exact) mass is 288 g/mol. The van der Waals surface area contributed by atoms with Gasteiger partial charge in [-0.1, -0.05) is 31.5 Å². The molecular formula is C18H26NO2+. The van der Waals surface area contributed by atoms with Crippen molar-refractivity contribution in [1.82, 2.24) is 0 Å². The van der Waals surface area contributed by atoms with Crippen molar-refractivity contribution in [2.75, 3.05) is 6.54 Å². The smallest absolute Gasteiger partial charge is 0.303 e. The van der Waals surface area contributed by atoms with E-state index in [4.69, 9.17) is 5.11 Å². The zero-order valence-corrected chi connectivity index (χ0v) is 13.1. The van der Waals surface area contributed by atoms with Gasteiger partial charge in [0.1, 0.15) is 6.54 Å². The Bertz CT molecular complexity index is 536. The van der Waals surface area contributed by atoms with Gasteiger partial charge < -0.3 is 5.11 Å². The molecule has 1 N–H and O–H groups in total. The van der Waals surface area contributed by atoms with E-state index < -0.39 is 5.97 Å². The van der Waals surface area contributed by atoms with Gasteiger partial charge in [-0.15, -0.1) is 0 Å². The summed E-state index contributed by atoms with van der Waals surface area (Å²) < 4.78 is 2.37. The number of hydrogen-bond acceptors (Lipinski definition) is 1. The van der Waals surface area contributed by atoms with E-state index >= 15 is 0 Å². The summed E-state index contributed by atoms with van der Waals surface area (Å²) in [6.45, 7) is 5.53. The molecule has 0 bridgehead atoms. The number of hydrogen-bond donors (Lipinski definition) is 1. The van der Waals surface area contributed by atoms with Crippen molar-refractivity contribution in [3.8, 4) is 0 Å². The molecule has 1 aromatic carbocycles. The van der Waals surface area contributed by atoms with Crippen molar-refractivity contribution >= 4 is 17.9 Å². The van der Waals surface area contributed by atoms with E-state index in [-0.39, 0.29) is 11.8 Å². The second-order valence-corrected chi connectivity index (χ2v) is 6.21. The van der Waals surface area contributed by atoms with E-state index in [1.165, 1.54) is 24.1 Å². The molecule has 2 rings (SSSR count). The van der Waals surface area contributed by atoms with Crippen LogP contribution in [0.15, 0.2) is 24.3 Å². The van der Waals surface area contributed by atoms with Crippen LogP contribution in [0.25, 0.3) is 0 Å². The molecule has 0 aromatic heterocycles. The third-order valence-electron chi connectivity index (χ3n) is 4.33. The third kappa shape index (κ3) is 3.72. The second kappa shape index (κ2) is 6.88.